The highest BCUT2D eigenvalue weighted by Gasteiger charge is 2.07. The summed E-state index contributed by atoms with van der Waals surface area (Å²) in [5.74, 6) is 0.612. The van der Waals surface area contributed by atoms with Crippen molar-refractivity contribution in [2.24, 2.45) is 0 Å². The van der Waals surface area contributed by atoms with Gasteiger partial charge >= 0.3 is 0 Å². The van der Waals surface area contributed by atoms with E-state index in [2.05, 4.69) is 30.1 Å². The maximum Gasteiger partial charge on any atom is 0.131 e. The molecular formula is C14H16N2. The first-order chi connectivity index (χ1) is 7.72. The Balaban J connectivity index is 2.58. The lowest BCUT2D eigenvalue weighted by molar-refractivity contribution is 1.14. The van der Waals surface area contributed by atoms with Crippen LogP contribution in [0.15, 0.2) is 36.4 Å². The van der Waals surface area contributed by atoms with Crippen molar-refractivity contribution in [2.45, 2.75) is 20.3 Å². The fourth-order valence-electron chi connectivity index (χ4n) is 1.90. The quantitative estimate of drug-likeness (QED) is 0.830. The van der Waals surface area contributed by atoms with Gasteiger partial charge in [0, 0.05) is 11.3 Å². The Morgan fingerprint density at radius 2 is 1.81 bits per heavy atom. The first-order valence-corrected chi connectivity index (χ1v) is 5.53. The monoisotopic (exact) mass is 212 g/mol. The number of rotatable bonds is 2. The molecule has 0 bridgehead atoms. The molecule has 0 saturated carbocycles. The fourth-order valence-corrected chi connectivity index (χ4v) is 1.90. The first kappa shape index (κ1) is 10.7. The molecule has 1 aromatic carbocycles. The van der Waals surface area contributed by atoms with Gasteiger partial charge in [0.2, 0.25) is 0 Å². The molecule has 0 aliphatic heterocycles. The average molecular weight is 212 g/mol. The molecule has 0 radical (unpaired) electrons. The van der Waals surface area contributed by atoms with Gasteiger partial charge in [-0.15, -0.1) is 0 Å². The van der Waals surface area contributed by atoms with Gasteiger partial charge in [0.25, 0.3) is 0 Å². The van der Waals surface area contributed by atoms with Gasteiger partial charge in [-0.3, -0.25) is 0 Å². The number of aryl methyl sites for hydroxylation is 2. The van der Waals surface area contributed by atoms with Crippen LogP contribution in [-0.4, -0.2) is 4.98 Å². The van der Waals surface area contributed by atoms with Crippen LogP contribution in [0.5, 0.6) is 0 Å². The summed E-state index contributed by atoms with van der Waals surface area (Å²) in [6.07, 6.45) is 1.00. The maximum absolute atomic E-state index is 5.97. The Morgan fingerprint density at radius 1 is 1.06 bits per heavy atom. The highest BCUT2D eigenvalue weighted by molar-refractivity contribution is 5.76. The van der Waals surface area contributed by atoms with Gasteiger partial charge in [0.1, 0.15) is 5.82 Å². The van der Waals surface area contributed by atoms with Crippen LogP contribution in [0, 0.1) is 6.92 Å². The summed E-state index contributed by atoms with van der Waals surface area (Å²) in [5.41, 5.74) is 10.4. The summed E-state index contributed by atoms with van der Waals surface area (Å²) < 4.78 is 0. The summed E-state index contributed by atoms with van der Waals surface area (Å²) >= 11 is 0. The number of nitrogens with zero attached hydrogens (tertiary/aromatic N) is 1. The average Bonchev–Trinajstić information content (AvgIpc) is 2.29. The van der Waals surface area contributed by atoms with Gasteiger partial charge in [0.15, 0.2) is 0 Å². The van der Waals surface area contributed by atoms with E-state index in [1.165, 1.54) is 11.1 Å². The SMILES string of the molecule is CCc1ccccc1-c1ccc(C)nc1N. The Bertz CT molecular complexity index is 504. The summed E-state index contributed by atoms with van der Waals surface area (Å²) in [6, 6.07) is 12.4. The molecule has 0 spiro atoms. The molecule has 2 nitrogen and oxygen atoms in total. The van der Waals surface area contributed by atoms with Crippen molar-refractivity contribution in [3.63, 3.8) is 0 Å². The fraction of sp³-hybridized carbons (Fsp3) is 0.214. The third-order valence-electron chi connectivity index (χ3n) is 2.75. The van der Waals surface area contributed by atoms with E-state index in [0.717, 1.165) is 17.7 Å². The zero-order valence-corrected chi connectivity index (χ0v) is 9.70. The number of nitrogens with two attached hydrogens (primary N) is 1. The van der Waals surface area contributed by atoms with Crippen LogP contribution < -0.4 is 5.73 Å². The molecule has 82 valence electrons. The van der Waals surface area contributed by atoms with E-state index < -0.39 is 0 Å². The van der Waals surface area contributed by atoms with E-state index in [-0.39, 0.29) is 0 Å². The van der Waals surface area contributed by atoms with Crippen LogP contribution in [0.1, 0.15) is 18.2 Å². The lowest BCUT2D eigenvalue weighted by Crippen LogP contribution is -1.97. The molecule has 0 amide bonds. The molecular weight excluding hydrogens is 196 g/mol. The van der Waals surface area contributed by atoms with E-state index in [0.29, 0.717) is 5.82 Å². The number of nitrogen functional groups attached to an aromatic ring is 1. The minimum atomic E-state index is 0.612. The smallest absolute Gasteiger partial charge is 0.131 e. The van der Waals surface area contributed by atoms with Crippen LogP contribution in [0.4, 0.5) is 5.82 Å². The van der Waals surface area contributed by atoms with Crippen molar-refractivity contribution in [3.8, 4) is 11.1 Å². The van der Waals surface area contributed by atoms with Crippen LogP contribution in [-0.2, 0) is 6.42 Å². The second kappa shape index (κ2) is 4.35. The molecule has 2 aromatic rings. The number of pyridine rings is 1. The standard InChI is InChI=1S/C14H16N2/c1-3-11-6-4-5-7-12(11)13-9-8-10(2)16-14(13)15/h4-9H,3H2,1-2H3,(H2,15,16). The Morgan fingerprint density at radius 3 is 2.50 bits per heavy atom. The summed E-state index contributed by atoms with van der Waals surface area (Å²) in [4.78, 5) is 4.30. The number of anilines is 1. The normalized spacial score (nSPS) is 10.4. The van der Waals surface area contributed by atoms with Crippen LogP contribution in [0.25, 0.3) is 11.1 Å². The van der Waals surface area contributed by atoms with Crippen molar-refractivity contribution >= 4 is 5.82 Å². The van der Waals surface area contributed by atoms with Crippen molar-refractivity contribution in [1.82, 2.24) is 4.98 Å². The maximum atomic E-state index is 5.97. The van der Waals surface area contributed by atoms with Gasteiger partial charge in [0.05, 0.1) is 0 Å². The first-order valence-electron chi connectivity index (χ1n) is 5.53. The molecule has 1 aromatic heterocycles. The topological polar surface area (TPSA) is 38.9 Å². The highest BCUT2D eigenvalue weighted by Crippen LogP contribution is 2.28. The van der Waals surface area contributed by atoms with Gasteiger partial charge in [-0.1, -0.05) is 31.2 Å². The van der Waals surface area contributed by atoms with E-state index in [1.807, 2.05) is 25.1 Å². The van der Waals surface area contributed by atoms with Gasteiger partial charge in [-0.25, -0.2) is 4.98 Å². The van der Waals surface area contributed by atoms with E-state index in [9.17, 15) is 0 Å². The van der Waals surface area contributed by atoms with Crippen molar-refractivity contribution in [2.75, 3.05) is 5.73 Å². The molecule has 0 fully saturated rings. The lowest BCUT2D eigenvalue weighted by Gasteiger charge is -2.10. The Labute approximate surface area is 96.1 Å². The summed E-state index contributed by atoms with van der Waals surface area (Å²) in [5, 5.41) is 0. The van der Waals surface area contributed by atoms with Crippen molar-refractivity contribution < 1.29 is 0 Å². The molecule has 2 N–H and O–H groups in total. The molecule has 0 aliphatic rings. The molecule has 0 unspecified atom stereocenters. The Hall–Kier alpha value is -1.83. The Kier molecular flexibility index (Phi) is 2.91. The van der Waals surface area contributed by atoms with Crippen LogP contribution in [0.2, 0.25) is 0 Å². The molecule has 2 rings (SSSR count). The van der Waals surface area contributed by atoms with Gasteiger partial charge in [-0.05, 0) is 36.6 Å². The number of benzene rings is 1. The highest BCUT2D eigenvalue weighted by atomic mass is 14.8. The predicted molar refractivity (Wildman–Crippen MR) is 68.2 cm³/mol. The second-order valence-corrected chi connectivity index (χ2v) is 3.90. The molecule has 2 heteroatoms. The van der Waals surface area contributed by atoms with Crippen molar-refractivity contribution in [1.29, 1.82) is 0 Å². The number of hydrogen-bond donors (Lipinski definition) is 1. The molecule has 0 atom stereocenters. The summed E-state index contributed by atoms with van der Waals surface area (Å²) in [7, 11) is 0. The third-order valence-corrected chi connectivity index (χ3v) is 2.75. The molecule has 0 aliphatic carbocycles. The van der Waals surface area contributed by atoms with Crippen LogP contribution >= 0.6 is 0 Å². The largest absolute Gasteiger partial charge is 0.383 e. The molecule has 1 heterocycles. The zero-order valence-electron chi connectivity index (χ0n) is 9.70. The minimum absolute atomic E-state index is 0.612. The molecule has 0 saturated heterocycles. The number of aromatic nitrogens is 1. The third kappa shape index (κ3) is 1.91. The molecule has 16 heavy (non-hydrogen) atoms. The van der Waals surface area contributed by atoms with Gasteiger partial charge < -0.3 is 5.73 Å². The minimum Gasteiger partial charge on any atom is -0.383 e. The van der Waals surface area contributed by atoms with Crippen LogP contribution in [0.3, 0.4) is 0 Å². The van der Waals surface area contributed by atoms with E-state index in [1.54, 1.807) is 0 Å². The zero-order chi connectivity index (χ0) is 11.5. The van der Waals surface area contributed by atoms with Crippen molar-refractivity contribution in [3.05, 3.63) is 47.7 Å². The van der Waals surface area contributed by atoms with E-state index >= 15 is 0 Å². The van der Waals surface area contributed by atoms with E-state index in [4.69, 9.17) is 5.73 Å². The lowest BCUT2D eigenvalue weighted by atomic mass is 9.98. The predicted octanol–water partition coefficient (Wildman–Crippen LogP) is 3.20. The number of hydrogen-bond acceptors (Lipinski definition) is 2. The second-order valence-electron chi connectivity index (χ2n) is 3.90. The summed E-state index contributed by atoms with van der Waals surface area (Å²) in [6.45, 7) is 4.10. The van der Waals surface area contributed by atoms with Gasteiger partial charge in [-0.2, -0.15) is 0 Å².